The number of carbonyl (C=O) groups excluding carboxylic acids is 1. The number of nitrogens with one attached hydrogen (secondary N) is 2. The van der Waals surface area contributed by atoms with Crippen molar-refractivity contribution in [3.63, 3.8) is 0 Å². The smallest absolute Gasteiger partial charge is 0.329 e. The average Bonchev–Trinajstić information content (AvgIpc) is 3.01. The summed E-state index contributed by atoms with van der Waals surface area (Å²) in [6, 6.07) is 12.1. The summed E-state index contributed by atoms with van der Waals surface area (Å²) >= 11 is 6.22. The highest BCUT2D eigenvalue weighted by molar-refractivity contribution is 6.33. The van der Waals surface area contributed by atoms with Crippen LogP contribution >= 0.6 is 11.6 Å². The molecule has 0 spiro atoms. The van der Waals surface area contributed by atoms with Gasteiger partial charge in [0.15, 0.2) is 0 Å². The molecule has 1 unspecified atom stereocenters. The van der Waals surface area contributed by atoms with Gasteiger partial charge in [-0.15, -0.1) is 0 Å². The predicted octanol–water partition coefficient (Wildman–Crippen LogP) is 2.07. The highest BCUT2D eigenvalue weighted by atomic mass is 35.5. The van der Waals surface area contributed by atoms with Crippen LogP contribution in [0.15, 0.2) is 52.1 Å². The highest BCUT2D eigenvalue weighted by Crippen LogP contribution is 2.28. The Bertz CT molecular complexity index is 1120. The minimum atomic E-state index is -0.518. The van der Waals surface area contributed by atoms with Crippen LogP contribution < -0.4 is 16.6 Å². The van der Waals surface area contributed by atoms with Crippen molar-refractivity contribution in [3.05, 3.63) is 68.3 Å². The molecular weight excluding hydrogens is 342 g/mol. The van der Waals surface area contributed by atoms with Crippen molar-refractivity contribution in [2.45, 2.75) is 12.5 Å². The van der Waals surface area contributed by atoms with Crippen molar-refractivity contribution in [1.29, 1.82) is 0 Å². The van der Waals surface area contributed by atoms with Gasteiger partial charge in [0.25, 0.3) is 5.56 Å². The SMILES string of the molecule is O=C1CC(n2c(=O)[nH]c3cc(-c4ccccc4Cl)ccc3c2=O)CN1. The van der Waals surface area contributed by atoms with Gasteiger partial charge in [0.1, 0.15) is 0 Å². The minimum absolute atomic E-state index is 0.131. The Kier molecular flexibility index (Phi) is 3.69. The molecule has 1 saturated heterocycles. The number of aromatic amines is 1. The lowest BCUT2D eigenvalue weighted by molar-refractivity contribution is -0.119. The van der Waals surface area contributed by atoms with E-state index in [4.69, 9.17) is 11.6 Å². The second-order valence-electron chi connectivity index (χ2n) is 6.01. The molecule has 1 aliphatic rings. The molecule has 1 aliphatic heterocycles. The Balaban J connectivity index is 1.89. The standard InChI is InChI=1S/C18H14ClN3O3/c19-14-4-2-1-3-12(14)10-5-6-13-15(7-10)21-18(25)22(17(13)24)11-8-16(23)20-9-11/h1-7,11H,8-9H2,(H,20,23)(H,21,25). The topological polar surface area (TPSA) is 84.0 Å². The minimum Gasteiger partial charge on any atom is -0.354 e. The monoisotopic (exact) mass is 355 g/mol. The number of H-pyrrole nitrogens is 1. The molecule has 6 nitrogen and oxygen atoms in total. The van der Waals surface area contributed by atoms with Gasteiger partial charge >= 0.3 is 5.69 Å². The van der Waals surface area contributed by atoms with Gasteiger partial charge in [0.05, 0.1) is 16.9 Å². The van der Waals surface area contributed by atoms with E-state index in [-0.39, 0.29) is 18.9 Å². The van der Waals surface area contributed by atoms with Gasteiger partial charge in [-0.3, -0.25) is 14.2 Å². The highest BCUT2D eigenvalue weighted by Gasteiger charge is 2.26. The van der Waals surface area contributed by atoms with E-state index in [1.807, 2.05) is 18.2 Å². The maximum absolute atomic E-state index is 12.7. The van der Waals surface area contributed by atoms with Crippen LogP contribution in [-0.4, -0.2) is 22.0 Å². The molecule has 1 amide bonds. The van der Waals surface area contributed by atoms with Crippen molar-refractivity contribution in [3.8, 4) is 11.1 Å². The quantitative estimate of drug-likeness (QED) is 0.738. The third-order valence-corrected chi connectivity index (χ3v) is 4.76. The number of carbonyl (C=O) groups is 1. The first-order chi connectivity index (χ1) is 12.0. The molecule has 2 N–H and O–H groups in total. The first kappa shape index (κ1) is 15.7. The summed E-state index contributed by atoms with van der Waals surface area (Å²) in [7, 11) is 0. The fourth-order valence-corrected chi connectivity index (χ4v) is 3.44. The van der Waals surface area contributed by atoms with Gasteiger partial charge in [-0.05, 0) is 23.8 Å². The predicted molar refractivity (Wildman–Crippen MR) is 95.9 cm³/mol. The normalized spacial score (nSPS) is 17.0. The van der Waals surface area contributed by atoms with E-state index in [9.17, 15) is 14.4 Å². The van der Waals surface area contributed by atoms with E-state index >= 15 is 0 Å². The lowest BCUT2D eigenvalue weighted by Crippen LogP contribution is -2.38. The molecule has 0 radical (unpaired) electrons. The Labute approximate surface area is 147 Å². The molecule has 0 saturated carbocycles. The van der Waals surface area contributed by atoms with E-state index in [0.29, 0.717) is 15.9 Å². The number of hydrogen-bond acceptors (Lipinski definition) is 3. The number of nitrogens with zero attached hydrogens (tertiary/aromatic N) is 1. The number of aromatic nitrogens is 2. The van der Waals surface area contributed by atoms with E-state index in [1.165, 1.54) is 0 Å². The molecular formula is C18H14ClN3O3. The van der Waals surface area contributed by atoms with Gasteiger partial charge in [-0.25, -0.2) is 4.79 Å². The van der Waals surface area contributed by atoms with Crippen molar-refractivity contribution in [2.24, 2.45) is 0 Å². The Morgan fingerprint density at radius 3 is 2.60 bits per heavy atom. The summed E-state index contributed by atoms with van der Waals surface area (Å²) in [6.07, 6.45) is 0.131. The van der Waals surface area contributed by atoms with Gasteiger partial charge in [0.2, 0.25) is 5.91 Å². The van der Waals surface area contributed by atoms with Crippen LogP contribution in [0.1, 0.15) is 12.5 Å². The number of fused-ring (bicyclic) bond motifs is 1. The fourth-order valence-electron chi connectivity index (χ4n) is 3.20. The molecule has 2 heterocycles. The van der Waals surface area contributed by atoms with Crippen molar-refractivity contribution < 1.29 is 4.79 Å². The second-order valence-corrected chi connectivity index (χ2v) is 6.41. The first-order valence-corrected chi connectivity index (χ1v) is 8.22. The van der Waals surface area contributed by atoms with Crippen LogP contribution in [0.25, 0.3) is 22.0 Å². The van der Waals surface area contributed by atoms with Crippen molar-refractivity contribution >= 4 is 28.4 Å². The van der Waals surface area contributed by atoms with Crippen LogP contribution in [0.2, 0.25) is 5.02 Å². The van der Waals surface area contributed by atoms with Crippen LogP contribution in [0.4, 0.5) is 0 Å². The molecule has 1 fully saturated rings. The zero-order valence-corrected chi connectivity index (χ0v) is 13.8. The van der Waals surface area contributed by atoms with E-state index in [0.717, 1.165) is 15.7 Å². The number of halogens is 1. The molecule has 126 valence electrons. The zero-order chi connectivity index (χ0) is 17.6. The fraction of sp³-hybridized carbons (Fsp3) is 0.167. The molecule has 4 rings (SSSR count). The average molecular weight is 356 g/mol. The van der Waals surface area contributed by atoms with E-state index < -0.39 is 17.3 Å². The summed E-state index contributed by atoms with van der Waals surface area (Å²) in [5.41, 5.74) is 1.16. The van der Waals surface area contributed by atoms with E-state index in [1.54, 1.807) is 24.3 Å². The van der Waals surface area contributed by atoms with Crippen LogP contribution in [0.3, 0.4) is 0 Å². The number of rotatable bonds is 2. The maximum Gasteiger partial charge on any atom is 0.329 e. The molecule has 1 aromatic heterocycles. The zero-order valence-electron chi connectivity index (χ0n) is 13.1. The largest absolute Gasteiger partial charge is 0.354 e. The first-order valence-electron chi connectivity index (χ1n) is 7.85. The Hall–Kier alpha value is -2.86. The molecule has 1 atom stereocenters. The molecule has 0 bridgehead atoms. The van der Waals surface area contributed by atoms with E-state index in [2.05, 4.69) is 10.3 Å². The third kappa shape index (κ3) is 2.64. The summed E-state index contributed by atoms with van der Waals surface area (Å²) in [4.78, 5) is 39.3. The lowest BCUT2D eigenvalue weighted by atomic mass is 10.0. The molecule has 3 aromatic rings. The number of benzene rings is 2. The van der Waals surface area contributed by atoms with Crippen molar-refractivity contribution in [2.75, 3.05) is 6.54 Å². The summed E-state index contributed by atoms with van der Waals surface area (Å²) < 4.78 is 1.12. The maximum atomic E-state index is 12.7. The third-order valence-electron chi connectivity index (χ3n) is 4.44. The van der Waals surface area contributed by atoms with Crippen LogP contribution in [0.5, 0.6) is 0 Å². The van der Waals surface area contributed by atoms with Gasteiger partial charge in [-0.1, -0.05) is 35.9 Å². The molecule has 25 heavy (non-hydrogen) atoms. The molecule has 7 heteroatoms. The lowest BCUT2D eigenvalue weighted by Gasteiger charge is -2.12. The Morgan fingerprint density at radius 2 is 1.88 bits per heavy atom. The summed E-state index contributed by atoms with van der Waals surface area (Å²) in [6.45, 7) is 0.283. The Morgan fingerprint density at radius 1 is 1.08 bits per heavy atom. The second kappa shape index (κ2) is 5.89. The number of hydrogen-bond donors (Lipinski definition) is 2. The van der Waals surface area contributed by atoms with Gasteiger partial charge in [0, 0.05) is 23.6 Å². The summed E-state index contributed by atoms with van der Waals surface area (Å²) in [5, 5.41) is 3.63. The van der Waals surface area contributed by atoms with Crippen LogP contribution in [-0.2, 0) is 4.79 Å². The molecule has 0 aliphatic carbocycles. The van der Waals surface area contributed by atoms with Gasteiger partial charge < -0.3 is 10.3 Å². The number of amides is 1. The molecule has 2 aromatic carbocycles. The summed E-state index contributed by atoms with van der Waals surface area (Å²) in [5.74, 6) is -0.162. The van der Waals surface area contributed by atoms with Crippen molar-refractivity contribution in [1.82, 2.24) is 14.9 Å². The van der Waals surface area contributed by atoms with Crippen LogP contribution in [0, 0.1) is 0 Å². The van der Waals surface area contributed by atoms with Gasteiger partial charge in [-0.2, -0.15) is 0 Å².